The number of aromatic nitrogens is 2. The van der Waals surface area contributed by atoms with Crippen LogP contribution in [-0.2, 0) is 6.18 Å². The van der Waals surface area contributed by atoms with E-state index in [2.05, 4.69) is 9.97 Å². The van der Waals surface area contributed by atoms with Gasteiger partial charge in [-0.15, -0.1) is 0 Å². The van der Waals surface area contributed by atoms with Crippen LogP contribution in [0, 0.1) is 3.57 Å². The highest BCUT2D eigenvalue weighted by molar-refractivity contribution is 14.1. The standard InChI is InChI=1S/C11H5ClF3IN2O/c12-8-5-9(18-10(17-8)11(13,14)15)19-7-4-2-1-3-6(7)16/h1-5H. The number of ether oxygens (including phenoxy) is 1. The van der Waals surface area contributed by atoms with Crippen molar-refractivity contribution in [1.82, 2.24) is 9.97 Å². The predicted octanol–water partition coefficient (Wildman–Crippen LogP) is 4.55. The zero-order chi connectivity index (χ0) is 14.0. The summed E-state index contributed by atoms with van der Waals surface area (Å²) in [6, 6.07) is 7.97. The second kappa shape index (κ2) is 5.49. The highest BCUT2D eigenvalue weighted by Crippen LogP contribution is 2.31. The lowest BCUT2D eigenvalue weighted by atomic mass is 10.3. The number of nitrogens with zero attached hydrogens (tertiary/aromatic N) is 2. The van der Waals surface area contributed by atoms with E-state index in [0.717, 1.165) is 9.64 Å². The first-order valence-corrected chi connectivity index (χ1v) is 6.36. The third-order valence-electron chi connectivity index (χ3n) is 1.98. The summed E-state index contributed by atoms with van der Waals surface area (Å²) in [6.45, 7) is 0. The van der Waals surface area contributed by atoms with E-state index in [4.69, 9.17) is 16.3 Å². The van der Waals surface area contributed by atoms with Crippen molar-refractivity contribution in [2.75, 3.05) is 0 Å². The Balaban J connectivity index is 2.36. The lowest BCUT2D eigenvalue weighted by molar-refractivity contribution is -0.145. The van der Waals surface area contributed by atoms with Gasteiger partial charge in [-0.1, -0.05) is 23.7 Å². The molecule has 0 saturated carbocycles. The van der Waals surface area contributed by atoms with E-state index in [1.807, 2.05) is 22.6 Å². The molecule has 2 aromatic rings. The normalized spacial score (nSPS) is 11.4. The molecule has 0 radical (unpaired) electrons. The van der Waals surface area contributed by atoms with Gasteiger partial charge in [-0.2, -0.15) is 18.2 Å². The van der Waals surface area contributed by atoms with Crippen molar-refractivity contribution in [2.24, 2.45) is 0 Å². The lowest BCUT2D eigenvalue weighted by Crippen LogP contribution is -2.11. The maximum Gasteiger partial charge on any atom is 0.451 e. The Morgan fingerprint density at radius 1 is 1.16 bits per heavy atom. The number of para-hydroxylation sites is 1. The molecule has 2 rings (SSSR count). The predicted molar refractivity (Wildman–Crippen MR) is 71.3 cm³/mol. The van der Waals surface area contributed by atoms with Gasteiger partial charge in [0.15, 0.2) is 0 Å². The maximum absolute atomic E-state index is 12.5. The molecule has 0 saturated heterocycles. The Bertz CT molecular complexity index is 607. The van der Waals surface area contributed by atoms with Crippen LogP contribution in [0.2, 0.25) is 5.15 Å². The summed E-state index contributed by atoms with van der Waals surface area (Å²) in [5, 5.41) is -0.330. The molecule has 0 spiro atoms. The Labute approximate surface area is 124 Å². The first-order chi connectivity index (χ1) is 8.86. The van der Waals surface area contributed by atoms with Crippen LogP contribution >= 0.6 is 34.2 Å². The number of benzene rings is 1. The molecule has 3 nitrogen and oxygen atoms in total. The van der Waals surface area contributed by atoms with Gasteiger partial charge in [-0.05, 0) is 34.7 Å². The highest BCUT2D eigenvalue weighted by atomic mass is 127. The molecule has 0 fully saturated rings. The molecule has 1 aromatic heterocycles. The first kappa shape index (κ1) is 14.3. The van der Waals surface area contributed by atoms with Crippen molar-refractivity contribution in [2.45, 2.75) is 6.18 Å². The fourth-order valence-corrected chi connectivity index (χ4v) is 1.89. The van der Waals surface area contributed by atoms with Crippen LogP contribution in [0.25, 0.3) is 0 Å². The summed E-state index contributed by atoms with van der Waals surface area (Å²) < 4.78 is 43.6. The van der Waals surface area contributed by atoms with Gasteiger partial charge in [0.25, 0.3) is 0 Å². The molecule has 0 aliphatic carbocycles. The van der Waals surface area contributed by atoms with Crippen LogP contribution in [0.5, 0.6) is 11.6 Å². The van der Waals surface area contributed by atoms with Crippen molar-refractivity contribution in [1.29, 1.82) is 0 Å². The number of hydrogen-bond acceptors (Lipinski definition) is 3. The molecule has 0 N–H and O–H groups in total. The lowest BCUT2D eigenvalue weighted by Gasteiger charge is -2.09. The summed E-state index contributed by atoms with van der Waals surface area (Å²) in [4.78, 5) is 6.41. The Morgan fingerprint density at radius 3 is 2.47 bits per heavy atom. The van der Waals surface area contributed by atoms with Crippen molar-refractivity contribution in [3.63, 3.8) is 0 Å². The van der Waals surface area contributed by atoms with Crippen LogP contribution in [0.4, 0.5) is 13.2 Å². The number of hydrogen-bond donors (Lipinski definition) is 0. The molecule has 0 amide bonds. The van der Waals surface area contributed by atoms with Crippen LogP contribution in [0.3, 0.4) is 0 Å². The molecule has 8 heteroatoms. The average Bonchev–Trinajstić information content (AvgIpc) is 2.30. The van der Waals surface area contributed by atoms with Gasteiger partial charge in [0.05, 0.1) is 3.57 Å². The Morgan fingerprint density at radius 2 is 1.84 bits per heavy atom. The monoisotopic (exact) mass is 400 g/mol. The Kier molecular flexibility index (Phi) is 4.14. The molecule has 1 aromatic carbocycles. The summed E-state index contributed by atoms with van der Waals surface area (Å²) in [5.41, 5.74) is 0. The summed E-state index contributed by atoms with van der Waals surface area (Å²) in [5.74, 6) is -1.19. The van der Waals surface area contributed by atoms with Crippen molar-refractivity contribution >= 4 is 34.2 Å². The molecule has 0 bridgehead atoms. The van der Waals surface area contributed by atoms with Crippen LogP contribution in [0.1, 0.15) is 5.82 Å². The third-order valence-corrected chi connectivity index (χ3v) is 3.06. The maximum atomic E-state index is 12.5. The van der Waals surface area contributed by atoms with Crippen molar-refractivity contribution in [3.05, 3.63) is 44.9 Å². The summed E-state index contributed by atoms with van der Waals surface area (Å²) in [6.07, 6.45) is -4.67. The van der Waals surface area contributed by atoms with Gasteiger partial charge in [0.2, 0.25) is 11.7 Å². The number of rotatable bonds is 2. The second-order valence-corrected chi connectivity index (χ2v) is 4.93. The SMILES string of the molecule is FC(F)(F)c1nc(Cl)cc(Oc2ccccc2I)n1. The minimum absolute atomic E-state index is 0.253. The van der Waals surface area contributed by atoms with Gasteiger partial charge in [-0.25, -0.2) is 4.98 Å². The van der Waals surface area contributed by atoms with Crippen LogP contribution in [-0.4, -0.2) is 9.97 Å². The van der Waals surface area contributed by atoms with E-state index in [-0.39, 0.29) is 11.0 Å². The van der Waals surface area contributed by atoms with Gasteiger partial charge in [-0.3, -0.25) is 0 Å². The van der Waals surface area contributed by atoms with Crippen LogP contribution in [0.15, 0.2) is 30.3 Å². The smallest absolute Gasteiger partial charge is 0.438 e. The average molecular weight is 401 g/mol. The molecule has 0 aliphatic rings. The van der Waals surface area contributed by atoms with E-state index < -0.39 is 12.0 Å². The molecular weight excluding hydrogens is 395 g/mol. The van der Waals surface area contributed by atoms with Crippen molar-refractivity contribution in [3.8, 4) is 11.6 Å². The van der Waals surface area contributed by atoms with E-state index >= 15 is 0 Å². The first-order valence-electron chi connectivity index (χ1n) is 4.90. The fourth-order valence-electron chi connectivity index (χ4n) is 1.22. The Hall–Kier alpha value is -1.09. The molecule has 0 unspecified atom stereocenters. The summed E-state index contributed by atoms with van der Waals surface area (Å²) in [7, 11) is 0. The minimum atomic E-state index is -4.67. The zero-order valence-corrected chi connectivity index (χ0v) is 12.0. The zero-order valence-electron chi connectivity index (χ0n) is 9.08. The number of alkyl halides is 3. The molecule has 0 atom stereocenters. The van der Waals surface area contributed by atoms with Crippen molar-refractivity contribution < 1.29 is 17.9 Å². The van der Waals surface area contributed by atoms with Crippen LogP contribution < -0.4 is 4.74 Å². The molecule has 19 heavy (non-hydrogen) atoms. The largest absolute Gasteiger partial charge is 0.451 e. The van der Waals surface area contributed by atoms with E-state index in [1.165, 1.54) is 0 Å². The van der Waals surface area contributed by atoms with E-state index in [0.29, 0.717) is 5.75 Å². The second-order valence-electron chi connectivity index (χ2n) is 3.38. The fraction of sp³-hybridized carbons (Fsp3) is 0.0909. The molecular formula is C11H5ClF3IN2O. The van der Waals surface area contributed by atoms with E-state index in [1.54, 1.807) is 24.3 Å². The molecule has 1 heterocycles. The topological polar surface area (TPSA) is 35.0 Å². The van der Waals surface area contributed by atoms with Gasteiger partial charge in [0, 0.05) is 6.07 Å². The highest BCUT2D eigenvalue weighted by Gasteiger charge is 2.35. The van der Waals surface area contributed by atoms with Gasteiger partial charge < -0.3 is 4.74 Å². The molecule has 0 aliphatic heterocycles. The third kappa shape index (κ3) is 3.69. The quantitative estimate of drug-likeness (QED) is 0.548. The minimum Gasteiger partial charge on any atom is -0.438 e. The summed E-state index contributed by atoms with van der Waals surface area (Å²) >= 11 is 7.53. The molecule has 100 valence electrons. The van der Waals surface area contributed by atoms with Gasteiger partial charge in [0.1, 0.15) is 10.9 Å². The van der Waals surface area contributed by atoms with Gasteiger partial charge >= 0.3 is 6.18 Å². The number of halogens is 5. The van der Waals surface area contributed by atoms with E-state index in [9.17, 15) is 13.2 Å².